The third kappa shape index (κ3) is 4.66. The average Bonchev–Trinajstić information content (AvgIpc) is 2.64. The molecule has 0 radical (unpaired) electrons. The normalized spacial score (nSPS) is 18.1. The zero-order chi connectivity index (χ0) is 20.4. The van der Waals surface area contributed by atoms with Crippen molar-refractivity contribution < 1.29 is 21.6 Å². The highest BCUT2D eigenvalue weighted by Crippen LogP contribution is 2.17. The minimum Gasteiger partial charge on any atom is -0.351 e. The van der Waals surface area contributed by atoms with Crippen LogP contribution in [0, 0.1) is 6.92 Å². The van der Waals surface area contributed by atoms with Crippen LogP contribution in [-0.2, 0) is 24.8 Å². The standard InChI is InChI=1S/C17H20N4O5S2/c1-13-4-6-14(7-5-13)28(25,26)19-9-8-18-17(22)15-3-2-10-21-11-12-27(23,24)20-16(15)21/h2-7,10,19H,8-9,11-12H2,1H3,(H,18,22). The number of rotatable bonds is 6. The fourth-order valence-electron chi connectivity index (χ4n) is 2.65. The summed E-state index contributed by atoms with van der Waals surface area (Å²) < 4.78 is 54.0. The Bertz CT molecular complexity index is 1070. The lowest BCUT2D eigenvalue weighted by Gasteiger charge is -2.28. The Morgan fingerprint density at radius 1 is 1.21 bits per heavy atom. The number of fused-ring (bicyclic) bond motifs is 1. The van der Waals surface area contributed by atoms with Gasteiger partial charge in [-0.25, -0.2) is 21.6 Å². The highest BCUT2D eigenvalue weighted by molar-refractivity contribution is 7.90. The van der Waals surface area contributed by atoms with Gasteiger partial charge in [-0.15, -0.1) is 4.40 Å². The second kappa shape index (κ2) is 7.86. The molecule has 3 rings (SSSR count). The van der Waals surface area contributed by atoms with Crippen LogP contribution in [0.4, 0.5) is 0 Å². The molecule has 9 nitrogen and oxygen atoms in total. The number of sulfonamides is 2. The van der Waals surface area contributed by atoms with Gasteiger partial charge in [0, 0.05) is 25.8 Å². The van der Waals surface area contributed by atoms with Gasteiger partial charge in [0.2, 0.25) is 10.0 Å². The molecule has 0 spiro atoms. The van der Waals surface area contributed by atoms with Crippen LogP contribution in [0.15, 0.2) is 57.5 Å². The Morgan fingerprint density at radius 2 is 1.93 bits per heavy atom. The van der Waals surface area contributed by atoms with Crippen LogP contribution < -0.4 is 10.0 Å². The molecule has 0 aliphatic carbocycles. The Morgan fingerprint density at radius 3 is 2.64 bits per heavy atom. The maximum Gasteiger partial charge on any atom is 0.256 e. The number of nitrogens with one attached hydrogen (secondary N) is 2. The average molecular weight is 425 g/mol. The predicted octanol–water partition coefficient (Wildman–Crippen LogP) is -0.113. The highest BCUT2D eigenvalue weighted by Gasteiger charge is 2.29. The molecule has 150 valence electrons. The van der Waals surface area contributed by atoms with Crippen molar-refractivity contribution in [2.75, 3.05) is 25.4 Å². The fraction of sp³-hybridized carbons (Fsp3) is 0.294. The van der Waals surface area contributed by atoms with E-state index in [0.717, 1.165) is 5.56 Å². The number of aryl methyl sites for hydroxylation is 1. The lowest BCUT2D eigenvalue weighted by atomic mass is 10.1. The molecule has 1 aromatic rings. The monoisotopic (exact) mass is 424 g/mol. The molecule has 0 bridgehead atoms. The Balaban J connectivity index is 1.58. The van der Waals surface area contributed by atoms with Gasteiger partial charge in [-0.05, 0) is 31.2 Å². The summed E-state index contributed by atoms with van der Waals surface area (Å²) in [5.41, 5.74) is 1.06. The molecule has 2 aliphatic heterocycles. The van der Waals surface area contributed by atoms with Crippen LogP contribution >= 0.6 is 0 Å². The first-order chi connectivity index (χ1) is 13.2. The van der Waals surface area contributed by atoms with E-state index in [2.05, 4.69) is 14.4 Å². The van der Waals surface area contributed by atoms with E-state index in [9.17, 15) is 21.6 Å². The number of carbonyl (C=O) groups excluding carboxylic acids is 1. The largest absolute Gasteiger partial charge is 0.351 e. The first kappa shape index (κ1) is 20.2. The minimum atomic E-state index is -3.67. The van der Waals surface area contributed by atoms with Gasteiger partial charge in [-0.2, -0.15) is 0 Å². The molecule has 11 heteroatoms. The molecule has 0 saturated carbocycles. The fourth-order valence-corrected chi connectivity index (χ4v) is 4.67. The summed E-state index contributed by atoms with van der Waals surface area (Å²) in [6.45, 7) is 2.10. The van der Waals surface area contributed by atoms with Crippen LogP contribution in [0.1, 0.15) is 5.56 Å². The molecule has 0 atom stereocenters. The van der Waals surface area contributed by atoms with Crippen molar-refractivity contribution in [2.45, 2.75) is 11.8 Å². The van der Waals surface area contributed by atoms with Crippen molar-refractivity contribution >= 4 is 31.8 Å². The third-order valence-electron chi connectivity index (χ3n) is 4.14. The smallest absolute Gasteiger partial charge is 0.256 e. The summed E-state index contributed by atoms with van der Waals surface area (Å²) in [5, 5.41) is 2.58. The molecule has 1 aromatic carbocycles. The molecular formula is C17H20N4O5S2. The molecule has 0 aromatic heterocycles. The predicted molar refractivity (Wildman–Crippen MR) is 105 cm³/mol. The quantitative estimate of drug-likeness (QED) is 0.614. The lowest BCUT2D eigenvalue weighted by Crippen LogP contribution is -2.43. The second-order valence-electron chi connectivity index (χ2n) is 6.28. The first-order valence-corrected chi connectivity index (χ1v) is 11.6. The molecule has 0 saturated heterocycles. The van der Waals surface area contributed by atoms with Gasteiger partial charge in [0.1, 0.15) is 0 Å². The number of hydrogen-bond acceptors (Lipinski definition) is 6. The van der Waals surface area contributed by atoms with Gasteiger partial charge in [0.25, 0.3) is 15.9 Å². The molecule has 2 heterocycles. The van der Waals surface area contributed by atoms with Gasteiger partial charge in [0.15, 0.2) is 5.84 Å². The number of benzene rings is 1. The number of amides is 1. The number of carbonyl (C=O) groups is 1. The molecule has 28 heavy (non-hydrogen) atoms. The van der Waals surface area contributed by atoms with E-state index in [0.29, 0.717) is 0 Å². The Labute approximate surface area is 163 Å². The zero-order valence-electron chi connectivity index (χ0n) is 15.1. The second-order valence-corrected chi connectivity index (χ2v) is 9.80. The molecular weight excluding hydrogens is 404 g/mol. The van der Waals surface area contributed by atoms with E-state index in [1.807, 2.05) is 6.92 Å². The van der Waals surface area contributed by atoms with E-state index in [-0.39, 0.29) is 41.7 Å². The summed E-state index contributed by atoms with van der Waals surface area (Å²) in [6.07, 6.45) is 4.76. The van der Waals surface area contributed by atoms with Gasteiger partial charge in [-0.1, -0.05) is 17.7 Å². The van der Waals surface area contributed by atoms with Crippen LogP contribution in [0.2, 0.25) is 0 Å². The Hall–Kier alpha value is -2.50. The van der Waals surface area contributed by atoms with Crippen molar-refractivity contribution in [3.63, 3.8) is 0 Å². The van der Waals surface area contributed by atoms with Crippen molar-refractivity contribution in [3.8, 4) is 0 Å². The molecule has 0 unspecified atom stereocenters. The third-order valence-corrected chi connectivity index (χ3v) is 6.76. The van der Waals surface area contributed by atoms with Gasteiger partial charge in [-0.3, -0.25) is 4.79 Å². The van der Waals surface area contributed by atoms with Crippen LogP contribution in [0.5, 0.6) is 0 Å². The summed E-state index contributed by atoms with van der Waals surface area (Å²) in [6, 6.07) is 6.41. The van der Waals surface area contributed by atoms with E-state index >= 15 is 0 Å². The maximum absolute atomic E-state index is 12.4. The van der Waals surface area contributed by atoms with Gasteiger partial charge < -0.3 is 10.2 Å². The SMILES string of the molecule is Cc1ccc(S(=O)(=O)NCCNC(=O)C2=CC=CN3CCS(=O)(=O)N=C23)cc1. The Kier molecular flexibility index (Phi) is 5.68. The van der Waals surface area contributed by atoms with E-state index in [1.54, 1.807) is 29.3 Å². The van der Waals surface area contributed by atoms with Crippen LogP contribution in [0.3, 0.4) is 0 Å². The number of nitrogens with zero attached hydrogens (tertiary/aromatic N) is 2. The summed E-state index contributed by atoms with van der Waals surface area (Å²) in [7, 11) is -7.27. The highest BCUT2D eigenvalue weighted by atomic mass is 32.2. The van der Waals surface area contributed by atoms with Crippen molar-refractivity contribution in [3.05, 3.63) is 53.8 Å². The van der Waals surface area contributed by atoms with Crippen molar-refractivity contribution in [1.29, 1.82) is 0 Å². The van der Waals surface area contributed by atoms with Crippen LogP contribution in [-0.4, -0.2) is 58.9 Å². The summed E-state index contributed by atoms with van der Waals surface area (Å²) in [5.74, 6) is -0.567. The summed E-state index contributed by atoms with van der Waals surface area (Å²) in [4.78, 5) is 14.1. The summed E-state index contributed by atoms with van der Waals surface area (Å²) >= 11 is 0. The molecule has 0 fully saturated rings. The van der Waals surface area contributed by atoms with Crippen molar-refractivity contribution in [1.82, 2.24) is 14.9 Å². The molecule has 1 amide bonds. The topological polar surface area (TPSA) is 125 Å². The van der Waals surface area contributed by atoms with Gasteiger partial charge >= 0.3 is 0 Å². The van der Waals surface area contributed by atoms with Crippen LogP contribution in [0.25, 0.3) is 0 Å². The van der Waals surface area contributed by atoms with Gasteiger partial charge in [0.05, 0.1) is 16.2 Å². The number of allylic oxidation sites excluding steroid dienone is 2. The molecule has 2 aliphatic rings. The number of hydrogen-bond donors (Lipinski definition) is 2. The first-order valence-electron chi connectivity index (χ1n) is 8.51. The van der Waals surface area contributed by atoms with E-state index in [4.69, 9.17) is 0 Å². The zero-order valence-corrected chi connectivity index (χ0v) is 16.8. The molecule has 2 N–H and O–H groups in total. The van der Waals surface area contributed by atoms with E-state index in [1.165, 1.54) is 18.2 Å². The maximum atomic E-state index is 12.4. The minimum absolute atomic E-state index is 0.0143. The van der Waals surface area contributed by atoms with Crippen molar-refractivity contribution in [2.24, 2.45) is 4.40 Å². The lowest BCUT2D eigenvalue weighted by molar-refractivity contribution is -0.117. The number of amidine groups is 1. The van der Waals surface area contributed by atoms with E-state index < -0.39 is 26.0 Å².